The fourth-order valence-electron chi connectivity index (χ4n) is 2.14. The topological polar surface area (TPSA) is 44.0 Å². The molecular weight excluding hydrogens is 228 g/mol. The predicted octanol–water partition coefficient (Wildman–Crippen LogP) is 1.62. The van der Waals surface area contributed by atoms with Crippen LogP contribution < -0.4 is 5.69 Å². The molecule has 4 nitrogen and oxygen atoms in total. The summed E-state index contributed by atoms with van der Waals surface area (Å²) in [6, 6.07) is 7.51. The molecule has 0 aliphatic heterocycles. The van der Waals surface area contributed by atoms with E-state index in [4.69, 9.17) is 0 Å². The van der Waals surface area contributed by atoms with Crippen LogP contribution in [-0.4, -0.2) is 14.9 Å². The van der Waals surface area contributed by atoms with Crippen LogP contribution >= 0.6 is 0 Å². The summed E-state index contributed by atoms with van der Waals surface area (Å²) in [7, 11) is 1.72. The summed E-state index contributed by atoms with van der Waals surface area (Å²) < 4.78 is 3.18. The molecular formula is C14H16N2O2. The van der Waals surface area contributed by atoms with Crippen LogP contribution in [0.25, 0.3) is 5.69 Å². The lowest BCUT2D eigenvalue weighted by atomic mass is 10.1. The predicted molar refractivity (Wildman–Crippen MR) is 70.1 cm³/mol. The zero-order valence-electron chi connectivity index (χ0n) is 10.8. The molecule has 1 aromatic carbocycles. The number of Topliss-reactive ketones (excluding diaryl/α,β-unsaturated/α-hetero) is 1. The number of rotatable bonds is 3. The van der Waals surface area contributed by atoms with Gasteiger partial charge in [-0.3, -0.25) is 9.36 Å². The Hall–Kier alpha value is -2.10. The van der Waals surface area contributed by atoms with E-state index in [0.717, 1.165) is 16.9 Å². The molecule has 0 amide bonds. The number of aryl methyl sites for hydroxylation is 2. The lowest BCUT2D eigenvalue weighted by Crippen LogP contribution is -2.22. The SMILES string of the molecule is CC(=O)Cc1ccccc1-n1c(C)cn(C)c1=O. The number of carbonyl (C=O) groups is 1. The largest absolute Gasteiger partial charge is 0.332 e. The summed E-state index contributed by atoms with van der Waals surface area (Å²) in [5.74, 6) is 0.0871. The van der Waals surface area contributed by atoms with Gasteiger partial charge in [-0.2, -0.15) is 0 Å². The number of carbonyl (C=O) groups excluding carboxylic acids is 1. The van der Waals surface area contributed by atoms with E-state index < -0.39 is 0 Å². The maximum absolute atomic E-state index is 12.1. The Morgan fingerprint density at radius 2 is 1.94 bits per heavy atom. The minimum absolute atomic E-state index is 0.0871. The molecule has 0 aliphatic rings. The number of hydrogen-bond acceptors (Lipinski definition) is 2. The van der Waals surface area contributed by atoms with Crippen LogP contribution in [0.2, 0.25) is 0 Å². The molecule has 0 N–H and O–H groups in total. The van der Waals surface area contributed by atoms with Gasteiger partial charge in [0.1, 0.15) is 5.78 Å². The van der Waals surface area contributed by atoms with Crippen molar-refractivity contribution in [3.8, 4) is 5.69 Å². The second kappa shape index (κ2) is 4.64. The number of hydrogen-bond donors (Lipinski definition) is 0. The van der Waals surface area contributed by atoms with E-state index in [-0.39, 0.29) is 11.5 Å². The van der Waals surface area contributed by atoms with E-state index in [1.54, 1.807) is 29.3 Å². The molecule has 0 spiro atoms. The Morgan fingerprint density at radius 1 is 1.28 bits per heavy atom. The zero-order chi connectivity index (χ0) is 13.3. The van der Waals surface area contributed by atoms with Crippen molar-refractivity contribution in [1.82, 2.24) is 9.13 Å². The number of aromatic nitrogens is 2. The first-order valence-corrected chi connectivity index (χ1v) is 5.83. The van der Waals surface area contributed by atoms with Gasteiger partial charge in [-0.15, -0.1) is 0 Å². The molecule has 2 rings (SSSR count). The number of benzene rings is 1. The van der Waals surface area contributed by atoms with Crippen molar-refractivity contribution < 1.29 is 4.79 Å². The Morgan fingerprint density at radius 3 is 2.50 bits per heavy atom. The van der Waals surface area contributed by atoms with Crippen molar-refractivity contribution in [1.29, 1.82) is 0 Å². The molecule has 0 radical (unpaired) electrons. The first-order chi connectivity index (χ1) is 8.50. The quantitative estimate of drug-likeness (QED) is 0.823. The van der Waals surface area contributed by atoms with Crippen molar-refractivity contribution in [2.24, 2.45) is 7.05 Å². The van der Waals surface area contributed by atoms with Crippen LogP contribution in [0.4, 0.5) is 0 Å². The zero-order valence-corrected chi connectivity index (χ0v) is 10.8. The van der Waals surface area contributed by atoms with Gasteiger partial charge in [0.25, 0.3) is 0 Å². The van der Waals surface area contributed by atoms with Gasteiger partial charge in [-0.25, -0.2) is 4.79 Å². The molecule has 1 heterocycles. The molecule has 0 saturated heterocycles. The summed E-state index contributed by atoms with van der Waals surface area (Å²) in [5.41, 5.74) is 2.43. The molecule has 2 aromatic rings. The fraction of sp³-hybridized carbons (Fsp3) is 0.286. The molecule has 0 fully saturated rings. The molecule has 18 heavy (non-hydrogen) atoms. The molecule has 0 saturated carbocycles. The monoisotopic (exact) mass is 244 g/mol. The Balaban J connectivity index is 2.64. The number of para-hydroxylation sites is 1. The maximum atomic E-state index is 12.1. The molecule has 0 unspecified atom stereocenters. The summed E-state index contributed by atoms with van der Waals surface area (Å²) in [6.07, 6.45) is 2.13. The lowest BCUT2D eigenvalue weighted by molar-refractivity contribution is -0.116. The number of nitrogens with zero attached hydrogens (tertiary/aromatic N) is 2. The lowest BCUT2D eigenvalue weighted by Gasteiger charge is -2.09. The minimum Gasteiger partial charge on any atom is -0.302 e. The number of imidazole rings is 1. The van der Waals surface area contributed by atoms with Crippen molar-refractivity contribution >= 4 is 5.78 Å². The van der Waals surface area contributed by atoms with Gasteiger partial charge in [0.2, 0.25) is 0 Å². The van der Waals surface area contributed by atoms with Crippen molar-refractivity contribution in [2.45, 2.75) is 20.3 Å². The van der Waals surface area contributed by atoms with Gasteiger partial charge >= 0.3 is 5.69 Å². The number of ketones is 1. The van der Waals surface area contributed by atoms with E-state index in [2.05, 4.69) is 0 Å². The second-order valence-corrected chi connectivity index (χ2v) is 4.51. The summed E-state index contributed by atoms with van der Waals surface area (Å²) in [4.78, 5) is 23.3. The van der Waals surface area contributed by atoms with E-state index in [0.29, 0.717) is 6.42 Å². The van der Waals surface area contributed by atoms with E-state index in [1.165, 1.54) is 0 Å². The fourth-order valence-corrected chi connectivity index (χ4v) is 2.14. The average molecular weight is 244 g/mol. The second-order valence-electron chi connectivity index (χ2n) is 4.51. The molecule has 0 atom stereocenters. The highest BCUT2D eigenvalue weighted by atomic mass is 16.1. The standard InChI is InChI=1S/C14H16N2O2/c1-10-9-15(3)14(18)16(10)13-7-5-4-6-12(13)8-11(2)17/h4-7,9H,8H2,1-3H3. The molecule has 1 aromatic heterocycles. The average Bonchev–Trinajstić information content (AvgIpc) is 2.54. The highest BCUT2D eigenvalue weighted by Gasteiger charge is 2.12. The van der Waals surface area contributed by atoms with Crippen molar-refractivity contribution in [3.05, 3.63) is 52.2 Å². The molecule has 0 bridgehead atoms. The van der Waals surface area contributed by atoms with Gasteiger partial charge in [0.05, 0.1) is 5.69 Å². The van der Waals surface area contributed by atoms with Gasteiger partial charge in [-0.1, -0.05) is 18.2 Å². The Bertz CT molecular complexity index is 650. The third-order valence-corrected chi connectivity index (χ3v) is 2.90. The van der Waals surface area contributed by atoms with Crippen LogP contribution in [0.3, 0.4) is 0 Å². The van der Waals surface area contributed by atoms with Gasteiger partial charge < -0.3 is 4.57 Å². The van der Waals surface area contributed by atoms with E-state index in [1.807, 2.05) is 31.2 Å². The molecule has 94 valence electrons. The van der Waals surface area contributed by atoms with Crippen LogP contribution in [-0.2, 0) is 18.3 Å². The first kappa shape index (κ1) is 12.4. The van der Waals surface area contributed by atoms with Crippen molar-refractivity contribution in [2.75, 3.05) is 0 Å². The van der Waals surface area contributed by atoms with Crippen LogP contribution in [0.5, 0.6) is 0 Å². The minimum atomic E-state index is -0.0940. The normalized spacial score (nSPS) is 10.6. The van der Waals surface area contributed by atoms with Crippen LogP contribution in [0, 0.1) is 6.92 Å². The van der Waals surface area contributed by atoms with Gasteiger partial charge in [-0.05, 0) is 25.5 Å². The maximum Gasteiger partial charge on any atom is 0.332 e. The van der Waals surface area contributed by atoms with E-state index >= 15 is 0 Å². The molecule has 4 heteroatoms. The summed E-state index contributed by atoms with van der Waals surface area (Å²) in [6.45, 7) is 3.43. The Labute approximate surface area is 105 Å². The van der Waals surface area contributed by atoms with E-state index in [9.17, 15) is 9.59 Å². The van der Waals surface area contributed by atoms with Crippen molar-refractivity contribution in [3.63, 3.8) is 0 Å². The highest BCUT2D eigenvalue weighted by molar-refractivity contribution is 5.79. The third-order valence-electron chi connectivity index (χ3n) is 2.90. The highest BCUT2D eigenvalue weighted by Crippen LogP contribution is 2.15. The summed E-state index contributed by atoms with van der Waals surface area (Å²) >= 11 is 0. The molecule has 0 aliphatic carbocycles. The smallest absolute Gasteiger partial charge is 0.302 e. The van der Waals surface area contributed by atoms with Gasteiger partial charge in [0, 0.05) is 25.4 Å². The van der Waals surface area contributed by atoms with Crippen LogP contribution in [0.15, 0.2) is 35.3 Å². The Kier molecular flexibility index (Phi) is 3.19. The van der Waals surface area contributed by atoms with Gasteiger partial charge in [0.15, 0.2) is 0 Å². The van der Waals surface area contributed by atoms with Crippen LogP contribution in [0.1, 0.15) is 18.2 Å². The third kappa shape index (κ3) is 2.14. The first-order valence-electron chi connectivity index (χ1n) is 5.83. The summed E-state index contributed by atoms with van der Waals surface area (Å²) in [5, 5.41) is 0.